The lowest BCUT2D eigenvalue weighted by atomic mass is 10.0. The highest BCUT2D eigenvalue weighted by molar-refractivity contribution is 6.06. The first-order valence-corrected chi connectivity index (χ1v) is 13.1. The summed E-state index contributed by atoms with van der Waals surface area (Å²) in [5.74, 6) is -0.520. The van der Waals surface area contributed by atoms with Gasteiger partial charge in [-0.3, -0.25) is 19.6 Å². The number of rotatable bonds is 14. The van der Waals surface area contributed by atoms with Gasteiger partial charge < -0.3 is 10.6 Å². The molecule has 0 aliphatic rings. The first kappa shape index (κ1) is 27.0. The molecule has 2 N–H and O–H groups in total. The summed E-state index contributed by atoms with van der Waals surface area (Å²) in [6.45, 7) is 5.45. The molecule has 36 heavy (non-hydrogen) atoms. The smallest absolute Gasteiger partial charge is 0.253 e. The van der Waals surface area contributed by atoms with Crippen LogP contribution in [0.5, 0.6) is 0 Å². The first-order chi connectivity index (χ1) is 17.7. The van der Waals surface area contributed by atoms with Crippen molar-refractivity contribution in [3.8, 4) is 22.8 Å². The molecule has 0 bridgehead atoms. The van der Waals surface area contributed by atoms with Crippen LogP contribution in [0, 0.1) is 0 Å². The zero-order valence-electron chi connectivity index (χ0n) is 21.4. The van der Waals surface area contributed by atoms with Crippen molar-refractivity contribution in [1.29, 1.82) is 0 Å². The van der Waals surface area contributed by atoms with Crippen molar-refractivity contribution >= 4 is 11.8 Å². The summed E-state index contributed by atoms with van der Waals surface area (Å²) >= 11 is 0. The minimum atomic E-state index is -0.260. The number of carbonyl (C=O) groups excluding carboxylic acids is 2. The second kappa shape index (κ2) is 14.7. The van der Waals surface area contributed by atoms with Crippen LogP contribution in [0.15, 0.2) is 54.9 Å². The lowest BCUT2D eigenvalue weighted by Gasteiger charge is -2.15. The molecule has 0 aromatic carbocycles. The maximum atomic E-state index is 13.3. The quantitative estimate of drug-likeness (QED) is 0.279. The standard InChI is InChI=1S/C29H37N5O2/c1-3-5-7-11-19-32-28(35)22-21-23(29(36)33-20-12-8-6-4-2)27(25-16-10-14-18-31-25)34-26(22)24-15-9-13-17-30-24/h9-10,13-18,21H,3-8,11-12,19-20H2,1-2H3,(H,32,35)(H,33,36). The predicted molar refractivity (Wildman–Crippen MR) is 144 cm³/mol. The van der Waals surface area contributed by atoms with Crippen LogP contribution in [0.2, 0.25) is 0 Å². The lowest BCUT2D eigenvalue weighted by molar-refractivity contribution is 0.0952. The molecular formula is C29H37N5O2. The number of aromatic nitrogens is 3. The maximum absolute atomic E-state index is 13.3. The largest absolute Gasteiger partial charge is 0.352 e. The van der Waals surface area contributed by atoms with Gasteiger partial charge in [0.1, 0.15) is 11.4 Å². The van der Waals surface area contributed by atoms with Crippen LogP contribution in [-0.4, -0.2) is 39.9 Å². The molecule has 0 aliphatic heterocycles. The fraction of sp³-hybridized carbons (Fsp3) is 0.414. The van der Waals surface area contributed by atoms with E-state index in [4.69, 9.17) is 4.98 Å². The molecule has 3 aromatic rings. The Morgan fingerprint density at radius 3 is 1.53 bits per heavy atom. The van der Waals surface area contributed by atoms with Crippen LogP contribution >= 0.6 is 0 Å². The summed E-state index contributed by atoms with van der Waals surface area (Å²) < 4.78 is 0. The van der Waals surface area contributed by atoms with Gasteiger partial charge in [0, 0.05) is 25.5 Å². The van der Waals surface area contributed by atoms with Gasteiger partial charge in [0.25, 0.3) is 11.8 Å². The van der Waals surface area contributed by atoms with E-state index < -0.39 is 0 Å². The topological polar surface area (TPSA) is 96.9 Å². The molecule has 0 atom stereocenters. The average Bonchev–Trinajstić information content (AvgIpc) is 2.93. The number of hydrogen-bond donors (Lipinski definition) is 2. The summed E-state index contributed by atoms with van der Waals surface area (Å²) in [5, 5.41) is 6.01. The normalized spacial score (nSPS) is 10.7. The van der Waals surface area contributed by atoms with Gasteiger partial charge >= 0.3 is 0 Å². The number of hydrogen-bond acceptors (Lipinski definition) is 5. The van der Waals surface area contributed by atoms with Gasteiger partial charge in [-0.25, -0.2) is 4.98 Å². The third-order valence-corrected chi connectivity index (χ3v) is 5.96. The van der Waals surface area contributed by atoms with Gasteiger partial charge in [-0.2, -0.15) is 0 Å². The van der Waals surface area contributed by atoms with Crippen molar-refractivity contribution < 1.29 is 9.59 Å². The minimum absolute atomic E-state index is 0.260. The summed E-state index contributed by atoms with van der Waals surface area (Å²) in [5.41, 5.74) is 2.67. The van der Waals surface area contributed by atoms with Gasteiger partial charge in [-0.15, -0.1) is 0 Å². The fourth-order valence-corrected chi connectivity index (χ4v) is 3.95. The van der Waals surface area contributed by atoms with E-state index in [1.54, 1.807) is 18.5 Å². The van der Waals surface area contributed by atoms with Gasteiger partial charge in [0.05, 0.1) is 22.5 Å². The highest BCUT2D eigenvalue weighted by Gasteiger charge is 2.23. The summed E-state index contributed by atoms with van der Waals surface area (Å²) in [6.07, 6.45) is 11.8. The van der Waals surface area contributed by atoms with E-state index in [-0.39, 0.29) is 11.8 Å². The van der Waals surface area contributed by atoms with Crippen molar-refractivity contribution in [2.75, 3.05) is 13.1 Å². The Morgan fingerprint density at radius 1 is 0.667 bits per heavy atom. The van der Waals surface area contributed by atoms with Crippen molar-refractivity contribution in [3.63, 3.8) is 0 Å². The Hall–Kier alpha value is -3.61. The third kappa shape index (κ3) is 7.70. The second-order valence-electron chi connectivity index (χ2n) is 8.84. The second-order valence-corrected chi connectivity index (χ2v) is 8.84. The Morgan fingerprint density at radius 2 is 1.14 bits per heavy atom. The van der Waals surface area contributed by atoms with E-state index in [1.807, 2.05) is 36.4 Å². The van der Waals surface area contributed by atoms with Crippen molar-refractivity contribution in [3.05, 3.63) is 66.0 Å². The summed E-state index contributed by atoms with van der Waals surface area (Å²) in [7, 11) is 0. The molecule has 3 heterocycles. The van der Waals surface area contributed by atoms with Crippen LogP contribution in [0.1, 0.15) is 85.9 Å². The maximum Gasteiger partial charge on any atom is 0.253 e. The Balaban J connectivity index is 1.99. The number of nitrogens with one attached hydrogen (secondary N) is 2. The van der Waals surface area contributed by atoms with E-state index in [1.165, 1.54) is 0 Å². The van der Waals surface area contributed by atoms with Crippen LogP contribution in [0.3, 0.4) is 0 Å². The molecule has 7 heteroatoms. The zero-order chi connectivity index (χ0) is 25.6. The molecule has 3 aromatic heterocycles. The molecule has 190 valence electrons. The zero-order valence-corrected chi connectivity index (χ0v) is 21.4. The van der Waals surface area contributed by atoms with E-state index in [0.29, 0.717) is 47.0 Å². The van der Waals surface area contributed by atoms with E-state index in [2.05, 4.69) is 34.4 Å². The first-order valence-electron chi connectivity index (χ1n) is 13.1. The number of nitrogens with zero attached hydrogens (tertiary/aromatic N) is 3. The molecule has 0 aliphatic carbocycles. The highest BCUT2D eigenvalue weighted by Crippen LogP contribution is 2.28. The van der Waals surface area contributed by atoms with E-state index in [0.717, 1.165) is 51.4 Å². The fourth-order valence-electron chi connectivity index (χ4n) is 3.95. The molecule has 0 unspecified atom stereocenters. The Bertz CT molecular complexity index is 1020. The molecule has 0 saturated carbocycles. The SMILES string of the molecule is CCCCCCNC(=O)c1cc(C(=O)NCCCCCC)c(-c2ccccn2)nc1-c1ccccn1. The molecule has 7 nitrogen and oxygen atoms in total. The van der Waals surface area contributed by atoms with E-state index in [9.17, 15) is 9.59 Å². The number of amides is 2. The molecular weight excluding hydrogens is 450 g/mol. The molecule has 3 rings (SSSR count). The van der Waals surface area contributed by atoms with Crippen LogP contribution < -0.4 is 10.6 Å². The molecule has 0 saturated heterocycles. The van der Waals surface area contributed by atoms with Crippen LogP contribution in [0.25, 0.3) is 22.8 Å². The van der Waals surface area contributed by atoms with Crippen molar-refractivity contribution in [2.45, 2.75) is 65.2 Å². The highest BCUT2D eigenvalue weighted by atomic mass is 16.2. The predicted octanol–water partition coefficient (Wildman–Crippen LogP) is 5.83. The molecule has 0 spiro atoms. The Kier molecular flexibility index (Phi) is 11.0. The lowest BCUT2D eigenvalue weighted by Crippen LogP contribution is -2.28. The number of pyridine rings is 3. The van der Waals surface area contributed by atoms with Gasteiger partial charge in [-0.05, 0) is 43.2 Å². The summed E-state index contributed by atoms with van der Waals surface area (Å²) in [6, 6.07) is 12.6. The average molecular weight is 488 g/mol. The molecule has 0 fully saturated rings. The number of carbonyl (C=O) groups is 2. The van der Waals surface area contributed by atoms with Gasteiger partial charge in [0.15, 0.2) is 0 Å². The van der Waals surface area contributed by atoms with Crippen LogP contribution in [0.4, 0.5) is 0 Å². The molecule has 2 amide bonds. The van der Waals surface area contributed by atoms with Crippen molar-refractivity contribution in [1.82, 2.24) is 25.6 Å². The number of unbranched alkanes of at least 4 members (excludes halogenated alkanes) is 6. The monoisotopic (exact) mass is 487 g/mol. The van der Waals surface area contributed by atoms with Crippen molar-refractivity contribution in [2.24, 2.45) is 0 Å². The Labute approximate surface area is 214 Å². The third-order valence-electron chi connectivity index (χ3n) is 5.96. The van der Waals surface area contributed by atoms with Crippen LogP contribution in [-0.2, 0) is 0 Å². The van der Waals surface area contributed by atoms with Gasteiger partial charge in [0.2, 0.25) is 0 Å². The minimum Gasteiger partial charge on any atom is -0.352 e. The molecule has 0 radical (unpaired) electrons. The van der Waals surface area contributed by atoms with Gasteiger partial charge in [-0.1, -0.05) is 64.5 Å². The van der Waals surface area contributed by atoms with E-state index >= 15 is 0 Å². The summed E-state index contributed by atoms with van der Waals surface area (Å²) in [4.78, 5) is 40.3.